The number of aryl methyl sites for hydroxylation is 1. The largest absolute Gasteiger partial charge is 0.492 e. The molecule has 1 aliphatic heterocycles. The molecule has 174 valence electrons. The number of nitrogens with zero attached hydrogens (tertiary/aromatic N) is 3. The summed E-state index contributed by atoms with van der Waals surface area (Å²) in [4.78, 5) is 9.89. The van der Waals surface area contributed by atoms with E-state index in [1.807, 2.05) is 42.6 Å². The molecule has 0 saturated carbocycles. The highest BCUT2D eigenvalue weighted by atomic mass is 16.5. The van der Waals surface area contributed by atoms with Crippen LogP contribution >= 0.6 is 0 Å². The molecule has 0 bridgehead atoms. The average molecular weight is 462 g/mol. The summed E-state index contributed by atoms with van der Waals surface area (Å²) >= 11 is 0. The van der Waals surface area contributed by atoms with Gasteiger partial charge in [-0.2, -0.15) is 5.26 Å². The Balaban J connectivity index is 1.37. The number of anilines is 2. The molecule has 0 radical (unpaired) electrons. The summed E-state index contributed by atoms with van der Waals surface area (Å²) in [5.74, 6) is 7.24. The van der Waals surface area contributed by atoms with E-state index in [1.54, 1.807) is 12.4 Å². The number of aromatic amines is 1. The fourth-order valence-corrected chi connectivity index (χ4v) is 4.43. The average Bonchev–Trinajstić information content (AvgIpc) is 3.58. The van der Waals surface area contributed by atoms with Crippen LogP contribution in [0.25, 0.3) is 10.9 Å². The molecule has 1 fully saturated rings. The fourth-order valence-electron chi connectivity index (χ4n) is 4.43. The van der Waals surface area contributed by atoms with Gasteiger partial charge in [-0.25, -0.2) is 0 Å². The number of H-pyrrole nitrogens is 1. The zero-order valence-corrected chi connectivity index (χ0v) is 19.8. The number of likely N-dealkylation sites (tertiary alicyclic amines) is 1. The van der Waals surface area contributed by atoms with Gasteiger partial charge < -0.3 is 15.0 Å². The van der Waals surface area contributed by atoms with Gasteiger partial charge in [-0.15, -0.1) is 0 Å². The van der Waals surface area contributed by atoms with Crippen LogP contribution in [0.5, 0.6) is 5.75 Å². The second kappa shape index (κ2) is 10.3. The summed E-state index contributed by atoms with van der Waals surface area (Å²) in [6, 6.07) is 16.1. The quantitative estimate of drug-likeness (QED) is 0.378. The molecular weight excluding hydrogens is 434 g/mol. The zero-order valence-electron chi connectivity index (χ0n) is 19.8. The van der Waals surface area contributed by atoms with Gasteiger partial charge in [-0.1, -0.05) is 17.9 Å². The molecule has 0 unspecified atom stereocenters. The minimum atomic E-state index is 0.448. The lowest BCUT2D eigenvalue weighted by molar-refractivity contribution is 0.238. The van der Waals surface area contributed by atoms with Gasteiger partial charge in [0, 0.05) is 47.3 Å². The highest BCUT2D eigenvalue weighted by molar-refractivity contribution is 5.89. The monoisotopic (exact) mass is 461 g/mol. The van der Waals surface area contributed by atoms with Crippen molar-refractivity contribution in [1.82, 2.24) is 14.9 Å². The van der Waals surface area contributed by atoms with Crippen molar-refractivity contribution in [1.29, 1.82) is 5.26 Å². The standard InChI is InChI=1S/C29H27N5O/c1-21-26-11-12-32-28(26)10-9-27(21)33-29-23(19-31-20-24(29)18-30)8-7-22-5-4-6-25(17-22)35-16-15-34-13-2-3-14-34/h4-6,9-12,17,19-20,32H,2-3,13-16H2,1H3,(H,31,33). The molecule has 6 heteroatoms. The second-order valence-corrected chi connectivity index (χ2v) is 8.70. The number of hydrogen-bond acceptors (Lipinski definition) is 5. The lowest BCUT2D eigenvalue weighted by Gasteiger charge is -2.15. The Labute approximate surface area is 205 Å². The number of nitrogens with one attached hydrogen (secondary N) is 2. The van der Waals surface area contributed by atoms with E-state index in [4.69, 9.17) is 4.74 Å². The Kier molecular flexibility index (Phi) is 6.66. The van der Waals surface area contributed by atoms with Crippen molar-refractivity contribution in [2.45, 2.75) is 19.8 Å². The molecule has 0 atom stereocenters. The predicted octanol–water partition coefficient (Wildman–Crippen LogP) is 5.36. The van der Waals surface area contributed by atoms with Gasteiger partial charge in [0.25, 0.3) is 0 Å². The third kappa shape index (κ3) is 5.14. The van der Waals surface area contributed by atoms with Crippen molar-refractivity contribution in [3.8, 4) is 23.7 Å². The minimum Gasteiger partial charge on any atom is -0.492 e. The van der Waals surface area contributed by atoms with E-state index in [1.165, 1.54) is 25.9 Å². The number of pyridine rings is 1. The maximum absolute atomic E-state index is 9.71. The van der Waals surface area contributed by atoms with Crippen molar-refractivity contribution in [2.75, 3.05) is 31.6 Å². The highest BCUT2D eigenvalue weighted by Gasteiger charge is 2.12. The number of rotatable bonds is 6. The summed E-state index contributed by atoms with van der Waals surface area (Å²) in [7, 11) is 0. The molecule has 2 aromatic heterocycles. The normalized spacial score (nSPS) is 13.3. The van der Waals surface area contributed by atoms with E-state index in [9.17, 15) is 5.26 Å². The zero-order chi connectivity index (χ0) is 24.0. The summed E-state index contributed by atoms with van der Waals surface area (Å²) in [6.07, 6.45) is 7.74. The van der Waals surface area contributed by atoms with Crippen molar-refractivity contribution in [2.24, 2.45) is 0 Å². The number of benzene rings is 2. The lowest BCUT2D eigenvalue weighted by Crippen LogP contribution is -2.25. The summed E-state index contributed by atoms with van der Waals surface area (Å²) in [6.45, 7) is 6.01. The molecule has 2 N–H and O–H groups in total. The van der Waals surface area contributed by atoms with E-state index >= 15 is 0 Å². The van der Waals surface area contributed by atoms with Crippen LogP contribution in [0, 0.1) is 30.1 Å². The van der Waals surface area contributed by atoms with Gasteiger partial charge in [0.1, 0.15) is 18.4 Å². The van der Waals surface area contributed by atoms with Gasteiger partial charge in [0.2, 0.25) is 0 Å². The Morgan fingerprint density at radius 1 is 1.09 bits per heavy atom. The van der Waals surface area contributed by atoms with E-state index in [2.05, 4.69) is 51.1 Å². The first-order valence-corrected chi connectivity index (χ1v) is 11.9. The van der Waals surface area contributed by atoms with Crippen LogP contribution in [0.15, 0.2) is 61.1 Å². The molecule has 5 rings (SSSR count). The lowest BCUT2D eigenvalue weighted by atomic mass is 10.1. The number of aromatic nitrogens is 2. The van der Waals surface area contributed by atoms with Crippen molar-refractivity contribution in [3.05, 3.63) is 83.3 Å². The van der Waals surface area contributed by atoms with E-state index < -0.39 is 0 Å². The maximum Gasteiger partial charge on any atom is 0.120 e. The predicted molar refractivity (Wildman–Crippen MR) is 139 cm³/mol. The Morgan fingerprint density at radius 2 is 1.94 bits per heavy atom. The first kappa shape index (κ1) is 22.5. The van der Waals surface area contributed by atoms with Gasteiger partial charge in [-0.05, 0) is 74.8 Å². The Bertz CT molecular complexity index is 1450. The fraction of sp³-hybridized carbons (Fsp3) is 0.241. The molecule has 0 spiro atoms. The van der Waals surface area contributed by atoms with Crippen LogP contribution in [0.2, 0.25) is 0 Å². The molecule has 1 saturated heterocycles. The van der Waals surface area contributed by atoms with Crippen LogP contribution in [-0.2, 0) is 0 Å². The molecule has 2 aromatic carbocycles. The third-order valence-corrected chi connectivity index (χ3v) is 6.38. The molecule has 0 amide bonds. The smallest absolute Gasteiger partial charge is 0.120 e. The van der Waals surface area contributed by atoms with E-state index in [-0.39, 0.29) is 0 Å². The molecule has 4 aromatic rings. The first-order valence-electron chi connectivity index (χ1n) is 11.9. The highest BCUT2D eigenvalue weighted by Crippen LogP contribution is 2.30. The van der Waals surface area contributed by atoms with Crippen LogP contribution in [0.3, 0.4) is 0 Å². The van der Waals surface area contributed by atoms with Crippen LogP contribution < -0.4 is 10.1 Å². The topological polar surface area (TPSA) is 77.0 Å². The second-order valence-electron chi connectivity index (χ2n) is 8.70. The molecule has 1 aliphatic rings. The van der Waals surface area contributed by atoms with Crippen molar-refractivity contribution < 1.29 is 4.74 Å². The van der Waals surface area contributed by atoms with Gasteiger partial charge >= 0.3 is 0 Å². The van der Waals surface area contributed by atoms with E-state index in [0.717, 1.165) is 40.0 Å². The number of fused-ring (bicyclic) bond motifs is 1. The van der Waals surface area contributed by atoms with Gasteiger partial charge in [0.05, 0.1) is 16.8 Å². The third-order valence-electron chi connectivity index (χ3n) is 6.38. The maximum atomic E-state index is 9.71. The summed E-state index contributed by atoms with van der Waals surface area (Å²) < 4.78 is 5.96. The first-order chi connectivity index (χ1) is 17.2. The number of nitriles is 1. The molecule has 6 nitrogen and oxygen atoms in total. The van der Waals surface area contributed by atoms with Crippen molar-refractivity contribution >= 4 is 22.3 Å². The Morgan fingerprint density at radius 3 is 2.80 bits per heavy atom. The molecule has 3 heterocycles. The summed E-state index contributed by atoms with van der Waals surface area (Å²) in [5.41, 5.74) is 5.72. The number of ether oxygens (including phenoxy) is 1. The molecule has 0 aliphatic carbocycles. The summed E-state index contributed by atoms with van der Waals surface area (Å²) in [5, 5.41) is 14.3. The van der Waals surface area contributed by atoms with Crippen LogP contribution in [0.4, 0.5) is 11.4 Å². The molecular formula is C29H27N5O. The van der Waals surface area contributed by atoms with Gasteiger partial charge in [-0.3, -0.25) is 9.88 Å². The van der Waals surface area contributed by atoms with Gasteiger partial charge in [0.15, 0.2) is 0 Å². The van der Waals surface area contributed by atoms with Crippen LogP contribution in [0.1, 0.15) is 35.1 Å². The van der Waals surface area contributed by atoms with Crippen LogP contribution in [-0.4, -0.2) is 41.1 Å². The van der Waals surface area contributed by atoms with E-state index in [0.29, 0.717) is 23.4 Å². The minimum absolute atomic E-state index is 0.448. The molecule has 35 heavy (non-hydrogen) atoms. The van der Waals surface area contributed by atoms with Crippen molar-refractivity contribution in [3.63, 3.8) is 0 Å². The number of hydrogen-bond donors (Lipinski definition) is 2. The Hall–Kier alpha value is -4.26. The SMILES string of the molecule is Cc1c(Nc2c(C#N)cncc2C#Cc2cccc(OCCN3CCCC3)c2)ccc2[nH]ccc12.